The number of benzene rings is 3. The first kappa shape index (κ1) is 20.4. The maximum atomic E-state index is 14.3. The minimum Gasteiger partial charge on any atom is -0.491 e. The summed E-state index contributed by atoms with van der Waals surface area (Å²) in [5, 5.41) is 1.03. The molecule has 1 aromatic heterocycles. The van der Waals surface area contributed by atoms with E-state index in [0.717, 1.165) is 58.4 Å². The number of carbonyl (C=O) groups excluding carboxylic acids is 1. The summed E-state index contributed by atoms with van der Waals surface area (Å²) < 4.78 is 23.8. The fourth-order valence-corrected chi connectivity index (χ4v) is 5.75. The van der Waals surface area contributed by atoms with Crippen LogP contribution in [0.25, 0.3) is 22.3 Å². The highest BCUT2D eigenvalue weighted by molar-refractivity contribution is 6.13. The van der Waals surface area contributed by atoms with Crippen molar-refractivity contribution in [2.24, 2.45) is 0 Å². The Morgan fingerprint density at radius 3 is 2.63 bits per heavy atom. The second kappa shape index (κ2) is 7.54. The van der Waals surface area contributed by atoms with Gasteiger partial charge in [-0.3, -0.25) is 4.79 Å². The standard InChI is InChI=1S/C29H25NO5/c1-2-3-6-12-30-21-10-7-9-19(23-13-18-8-4-5-11-22(18)35-23)27(21)29(28(30)31)16-32-24-15-26-25(14-20(24)29)33-17-34-26/h4-5,7-11,13-15H,2-3,6,12,16-17H2,1H3. The molecule has 6 heteroatoms. The lowest BCUT2D eigenvalue weighted by atomic mass is 9.74. The lowest BCUT2D eigenvalue weighted by Gasteiger charge is -2.24. The summed E-state index contributed by atoms with van der Waals surface area (Å²) in [5.74, 6) is 2.76. The Morgan fingerprint density at radius 1 is 0.914 bits per heavy atom. The normalized spacial score (nSPS) is 19.5. The molecule has 3 aromatic carbocycles. The van der Waals surface area contributed by atoms with Crippen LogP contribution in [-0.4, -0.2) is 25.9 Å². The summed E-state index contributed by atoms with van der Waals surface area (Å²) in [6, 6.07) is 19.9. The van der Waals surface area contributed by atoms with Gasteiger partial charge in [0.15, 0.2) is 11.5 Å². The number of para-hydroxylation sites is 1. The number of anilines is 1. The van der Waals surface area contributed by atoms with Crippen LogP contribution in [-0.2, 0) is 10.2 Å². The Balaban J connectivity index is 1.47. The Hall–Kier alpha value is -3.93. The first-order valence-electron chi connectivity index (χ1n) is 12.2. The molecule has 35 heavy (non-hydrogen) atoms. The van der Waals surface area contributed by atoms with E-state index in [2.05, 4.69) is 13.0 Å². The van der Waals surface area contributed by atoms with Gasteiger partial charge in [0.2, 0.25) is 12.7 Å². The molecule has 0 aliphatic carbocycles. The van der Waals surface area contributed by atoms with Crippen molar-refractivity contribution in [3.63, 3.8) is 0 Å². The smallest absolute Gasteiger partial charge is 0.245 e. The second-order valence-electron chi connectivity index (χ2n) is 9.41. The van der Waals surface area contributed by atoms with E-state index >= 15 is 0 Å². The molecule has 3 aliphatic heterocycles. The van der Waals surface area contributed by atoms with E-state index in [1.807, 2.05) is 59.5 Å². The number of fused-ring (bicyclic) bond motifs is 6. The van der Waals surface area contributed by atoms with Gasteiger partial charge in [0, 0.05) is 40.4 Å². The number of nitrogens with zero attached hydrogens (tertiary/aromatic N) is 1. The zero-order chi connectivity index (χ0) is 23.6. The first-order valence-corrected chi connectivity index (χ1v) is 12.2. The van der Waals surface area contributed by atoms with Crippen molar-refractivity contribution < 1.29 is 23.4 Å². The highest BCUT2D eigenvalue weighted by atomic mass is 16.7. The van der Waals surface area contributed by atoms with Crippen molar-refractivity contribution in [2.45, 2.75) is 31.6 Å². The van der Waals surface area contributed by atoms with E-state index in [0.29, 0.717) is 23.8 Å². The largest absolute Gasteiger partial charge is 0.491 e. The van der Waals surface area contributed by atoms with Crippen LogP contribution in [0.15, 0.2) is 65.1 Å². The molecular formula is C29H25NO5. The molecule has 1 spiro atoms. The van der Waals surface area contributed by atoms with Crippen LogP contribution in [0, 0.1) is 0 Å². The van der Waals surface area contributed by atoms with E-state index in [1.165, 1.54) is 0 Å². The minimum atomic E-state index is -0.965. The molecule has 6 nitrogen and oxygen atoms in total. The highest BCUT2D eigenvalue weighted by Crippen LogP contribution is 2.57. The van der Waals surface area contributed by atoms with Gasteiger partial charge < -0.3 is 23.5 Å². The fourth-order valence-electron chi connectivity index (χ4n) is 5.75. The van der Waals surface area contributed by atoms with E-state index in [1.54, 1.807) is 0 Å². The number of hydrogen-bond donors (Lipinski definition) is 0. The van der Waals surface area contributed by atoms with Gasteiger partial charge >= 0.3 is 0 Å². The molecule has 176 valence electrons. The number of hydrogen-bond acceptors (Lipinski definition) is 5. The number of carbonyl (C=O) groups is 1. The van der Waals surface area contributed by atoms with Gasteiger partial charge in [0.25, 0.3) is 0 Å². The molecule has 0 fully saturated rings. The fraction of sp³-hybridized carbons (Fsp3) is 0.276. The van der Waals surface area contributed by atoms with Gasteiger partial charge in [-0.1, -0.05) is 50.1 Å². The molecule has 4 aromatic rings. The van der Waals surface area contributed by atoms with E-state index in [-0.39, 0.29) is 19.3 Å². The molecule has 0 N–H and O–H groups in total. The van der Waals surface area contributed by atoms with Crippen LogP contribution in [0.2, 0.25) is 0 Å². The van der Waals surface area contributed by atoms with Crippen molar-refractivity contribution in [3.05, 3.63) is 71.8 Å². The Bertz CT molecular complexity index is 1450. The molecular weight excluding hydrogens is 442 g/mol. The van der Waals surface area contributed by atoms with E-state index in [9.17, 15) is 4.79 Å². The number of ether oxygens (including phenoxy) is 3. The molecule has 0 bridgehead atoms. The zero-order valence-corrected chi connectivity index (χ0v) is 19.5. The van der Waals surface area contributed by atoms with Crippen molar-refractivity contribution in [3.8, 4) is 28.6 Å². The summed E-state index contributed by atoms with van der Waals surface area (Å²) in [5.41, 5.74) is 3.47. The number of furan rings is 1. The quantitative estimate of drug-likeness (QED) is 0.335. The average Bonchev–Trinajstić information content (AvgIpc) is 3.64. The molecule has 0 saturated heterocycles. The molecule has 1 unspecified atom stereocenters. The maximum absolute atomic E-state index is 14.3. The van der Waals surface area contributed by atoms with Crippen LogP contribution in [0.4, 0.5) is 5.69 Å². The summed E-state index contributed by atoms with van der Waals surface area (Å²) in [6.45, 7) is 3.25. The Morgan fingerprint density at radius 2 is 1.77 bits per heavy atom. The zero-order valence-electron chi connectivity index (χ0n) is 19.5. The van der Waals surface area contributed by atoms with Crippen LogP contribution in [0.1, 0.15) is 37.3 Å². The minimum absolute atomic E-state index is 0.0461. The summed E-state index contributed by atoms with van der Waals surface area (Å²) in [4.78, 5) is 16.3. The number of unbranched alkanes of at least 4 members (excludes halogenated alkanes) is 2. The monoisotopic (exact) mass is 467 g/mol. The van der Waals surface area contributed by atoms with E-state index < -0.39 is 5.41 Å². The Kier molecular flexibility index (Phi) is 4.40. The maximum Gasteiger partial charge on any atom is 0.245 e. The van der Waals surface area contributed by atoms with Gasteiger partial charge in [-0.05, 0) is 30.7 Å². The van der Waals surface area contributed by atoms with Gasteiger partial charge in [-0.25, -0.2) is 0 Å². The van der Waals surface area contributed by atoms with Gasteiger partial charge in [0.1, 0.15) is 29.1 Å². The van der Waals surface area contributed by atoms with Crippen molar-refractivity contribution >= 4 is 22.6 Å². The third-order valence-electron chi connectivity index (χ3n) is 7.43. The molecule has 3 aliphatic rings. The third-order valence-corrected chi connectivity index (χ3v) is 7.43. The molecule has 4 heterocycles. The topological polar surface area (TPSA) is 61.1 Å². The van der Waals surface area contributed by atoms with Crippen LogP contribution < -0.4 is 19.1 Å². The summed E-state index contributed by atoms with van der Waals surface area (Å²) in [7, 11) is 0. The first-order chi connectivity index (χ1) is 17.2. The van der Waals surface area contributed by atoms with Crippen molar-refractivity contribution in [1.29, 1.82) is 0 Å². The van der Waals surface area contributed by atoms with E-state index in [4.69, 9.17) is 18.6 Å². The summed E-state index contributed by atoms with van der Waals surface area (Å²) >= 11 is 0. The SMILES string of the molecule is CCCCCN1C(=O)C2(COc3cc4c(cc32)OCO4)c2c(-c3cc4ccccc4o3)cccc21. The average molecular weight is 468 g/mol. The highest BCUT2D eigenvalue weighted by Gasteiger charge is 2.58. The second-order valence-corrected chi connectivity index (χ2v) is 9.41. The van der Waals surface area contributed by atoms with Crippen molar-refractivity contribution in [1.82, 2.24) is 0 Å². The van der Waals surface area contributed by atoms with Crippen LogP contribution in [0.5, 0.6) is 17.2 Å². The van der Waals surface area contributed by atoms with Gasteiger partial charge in [0.05, 0.1) is 0 Å². The molecule has 0 saturated carbocycles. The predicted molar refractivity (Wildman–Crippen MR) is 132 cm³/mol. The molecule has 1 atom stereocenters. The third kappa shape index (κ3) is 2.80. The number of rotatable bonds is 5. The lowest BCUT2D eigenvalue weighted by molar-refractivity contribution is -0.122. The molecule has 1 amide bonds. The predicted octanol–water partition coefficient (Wildman–Crippen LogP) is 6.04. The number of amides is 1. The van der Waals surface area contributed by atoms with Gasteiger partial charge in [-0.15, -0.1) is 0 Å². The summed E-state index contributed by atoms with van der Waals surface area (Å²) in [6.07, 6.45) is 3.11. The van der Waals surface area contributed by atoms with Crippen molar-refractivity contribution in [2.75, 3.05) is 24.8 Å². The Labute approximate surface area is 203 Å². The van der Waals surface area contributed by atoms with Crippen LogP contribution in [0.3, 0.4) is 0 Å². The molecule has 7 rings (SSSR count). The lowest BCUT2D eigenvalue weighted by Crippen LogP contribution is -2.43. The van der Waals surface area contributed by atoms with Gasteiger partial charge in [-0.2, -0.15) is 0 Å². The molecule has 0 radical (unpaired) electrons. The van der Waals surface area contributed by atoms with Crippen LogP contribution >= 0.6 is 0 Å².